The van der Waals surface area contributed by atoms with Crippen molar-refractivity contribution in [3.8, 4) is 0 Å². The maximum Gasteiger partial charge on any atom is 0.253 e. The fourth-order valence-electron chi connectivity index (χ4n) is 1.99. The molecule has 0 fully saturated rings. The lowest BCUT2D eigenvalue weighted by molar-refractivity contribution is 0.0259. The van der Waals surface area contributed by atoms with E-state index < -0.39 is 17.8 Å². The number of hydrogen-bond donors (Lipinski definition) is 3. The first-order chi connectivity index (χ1) is 10.5. The van der Waals surface area contributed by atoms with Gasteiger partial charge in [0, 0.05) is 13.2 Å². The molecule has 0 spiro atoms. The van der Waals surface area contributed by atoms with Crippen LogP contribution in [0.3, 0.4) is 0 Å². The molecule has 0 aliphatic carbocycles. The number of nitrogens with one attached hydrogen (secondary N) is 2. The van der Waals surface area contributed by atoms with Crippen LogP contribution in [-0.2, 0) is 4.74 Å². The lowest BCUT2D eigenvalue weighted by atomic mass is 10.1. The number of aliphatic hydroxyl groups is 1. The SMILES string of the molecule is CC(C)COCC(O)CNC(=O)c1cc(F)cc2[nH]cnc12. The Morgan fingerprint density at radius 1 is 1.45 bits per heavy atom. The number of aliphatic hydroxyl groups excluding tert-OH is 1. The molecule has 0 aliphatic rings. The largest absolute Gasteiger partial charge is 0.389 e. The highest BCUT2D eigenvalue weighted by molar-refractivity contribution is 6.04. The summed E-state index contributed by atoms with van der Waals surface area (Å²) in [7, 11) is 0. The van der Waals surface area contributed by atoms with Gasteiger partial charge in [-0.2, -0.15) is 0 Å². The van der Waals surface area contributed by atoms with Crippen LogP contribution in [0.25, 0.3) is 11.0 Å². The number of H-pyrrole nitrogens is 1. The number of benzene rings is 1. The van der Waals surface area contributed by atoms with Crippen LogP contribution in [0.4, 0.5) is 4.39 Å². The highest BCUT2D eigenvalue weighted by atomic mass is 19.1. The first kappa shape index (κ1) is 16.4. The maximum absolute atomic E-state index is 13.5. The summed E-state index contributed by atoms with van der Waals surface area (Å²) in [6.45, 7) is 4.72. The van der Waals surface area contributed by atoms with E-state index in [-0.39, 0.29) is 18.7 Å². The van der Waals surface area contributed by atoms with E-state index in [4.69, 9.17) is 4.74 Å². The van der Waals surface area contributed by atoms with E-state index in [1.165, 1.54) is 12.4 Å². The van der Waals surface area contributed by atoms with E-state index in [1.807, 2.05) is 13.8 Å². The number of aromatic nitrogens is 2. The fourth-order valence-corrected chi connectivity index (χ4v) is 1.99. The van der Waals surface area contributed by atoms with Gasteiger partial charge >= 0.3 is 0 Å². The van der Waals surface area contributed by atoms with Gasteiger partial charge in [-0.15, -0.1) is 0 Å². The van der Waals surface area contributed by atoms with E-state index in [1.54, 1.807) is 0 Å². The predicted molar refractivity (Wildman–Crippen MR) is 80.0 cm³/mol. The van der Waals surface area contributed by atoms with E-state index in [9.17, 15) is 14.3 Å². The lowest BCUT2D eigenvalue weighted by Gasteiger charge is -2.13. The Morgan fingerprint density at radius 2 is 2.23 bits per heavy atom. The van der Waals surface area contributed by atoms with Crippen molar-refractivity contribution in [3.05, 3.63) is 29.8 Å². The van der Waals surface area contributed by atoms with Crippen molar-refractivity contribution < 1.29 is 19.0 Å². The molecule has 0 radical (unpaired) electrons. The first-order valence-corrected chi connectivity index (χ1v) is 7.14. The number of amides is 1. The number of halogens is 1. The zero-order valence-electron chi connectivity index (χ0n) is 12.6. The van der Waals surface area contributed by atoms with Crippen molar-refractivity contribution >= 4 is 16.9 Å². The zero-order chi connectivity index (χ0) is 16.1. The molecule has 0 saturated carbocycles. The molecule has 120 valence electrons. The summed E-state index contributed by atoms with van der Waals surface area (Å²) < 4.78 is 18.8. The van der Waals surface area contributed by atoms with E-state index in [0.717, 1.165) is 6.07 Å². The number of fused-ring (bicyclic) bond motifs is 1. The van der Waals surface area contributed by atoms with Crippen LogP contribution in [-0.4, -0.2) is 46.8 Å². The second-order valence-electron chi connectivity index (χ2n) is 5.55. The van der Waals surface area contributed by atoms with Crippen LogP contribution in [0.2, 0.25) is 0 Å². The molecular formula is C15H20FN3O3. The smallest absolute Gasteiger partial charge is 0.253 e. The van der Waals surface area contributed by atoms with Gasteiger partial charge in [0.05, 0.1) is 30.1 Å². The number of carbonyl (C=O) groups excluding carboxylic acids is 1. The molecule has 0 bridgehead atoms. The summed E-state index contributed by atoms with van der Waals surface area (Å²) in [5, 5.41) is 12.3. The van der Waals surface area contributed by atoms with Gasteiger partial charge in [-0.05, 0) is 18.1 Å². The van der Waals surface area contributed by atoms with Gasteiger partial charge < -0.3 is 20.1 Å². The van der Waals surface area contributed by atoms with Crippen LogP contribution in [0.15, 0.2) is 18.5 Å². The van der Waals surface area contributed by atoms with Gasteiger partial charge in [-0.1, -0.05) is 13.8 Å². The number of imidazole rings is 1. The third-order valence-electron chi connectivity index (χ3n) is 2.99. The average Bonchev–Trinajstić information content (AvgIpc) is 2.91. The Balaban J connectivity index is 1.92. The van der Waals surface area contributed by atoms with Gasteiger partial charge in [-0.25, -0.2) is 9.37 Å². The maximum atomic E-state index is 13.5. The molecule has 22 heavy (non-hydrogen) atoms. The molecule has 1 aromatic heterocycles. The highest BCUT2D eigenvalue weighted by Gasteiger charge is 2.15. The van der Waals surface area contributed by atoms with Crippen molar-refractivity contribution in [1.29, 1.82) is 0 Å². The zero-order valence-corrected chi connectivity index (χ0v) is 12.6. The number of aromatic amines is 1. The van der Waals surface area contributed by atoms with Gasteiger partial charge in [-0.3, -0.25) is 4.79 Å². The Hall–Kier alpha value is -1.99. The van der Waals surface area contributed by atoms with Gasteiger partial charge in [0.1, 0.15) is 11.3 Å². The molecule has 1 amide bonds. The third-order valence-corrected chi connectivity index (χ3v) is 2.99. The van der Waals surface area contributed by atoms with E-state index >= 15 is 0 Å². The van der Waals surface area contributed by atoms with Crippen LogP contribution in [0.5, 0.6) is 0 Å². The number of ether oxygens (including phenoxy) is 1. The molecule has 1 unspecified atom stereocenters. The number of carbonyl (C=O) groups is 1. The van der Waals surface area contributed by atoms with Gasteiger partial charge in [0.25, 0.3) is 5.91 Å². The molecule has 3 N–H and O–H groups in total. The van der Waals surface area contributed by atoms with Crippen LogP contribution < -0.4 is 5.32 Å². The van der Waals surface area contributed by atoms with Crippen molar-refractivity contribution in [2.24, 2.45) is 5.92 Å². The molecule has 2 aromatic rings. The Morgan fingerprint density at radius 3 is 2.95 bits per heavy atom. The van der Waals surface area contributed by atoms with Crippen LogP contribution in [0.1, 0.15) is 24.2 Å². The summed E-state index contributed by atoms with van der Waals surface area (Å²) in [5.74, 6) is -0.635. The van der Waals surface area contributed by atoms with Crippen molar-refractivity contribution in [2.45, 2.75) is 20.0 Å². The average molecular weight is 309 g/mol. The normalized spacial score (nSPS) is 12.8. The topological polar surface area (TPSA) is 87.2 Å². The molecule has 1 heterocycles. The summed E-state index contributed by atoms with van der Waals surface area (Å²) in [5.41, 5.74) is 0.974. The minimum atomic E-state index is -0.814. The quantitative estimate of drug-likeness (QED) is 0.723. The molecule has 6 nitrogen and oxygen atoms in total. The molecule has 1 aromatic carbocycles. The summed E-state index contributed by atoms with van der Waals surface area (Å²) in [6.07, 6.45) is 0.584. The molecule has 7 heteroatoms. The number of nitrogens with zero attached hydrogens (tertiary/aromatic N) is 1. The second-order valence-corrected chi connectivity index (χ2v) is 5.55. The predicted octanol–water partition coefficient (Wildman–Crippen LogP) is 1.47. The third kappa shape index (κ3) is 4.25. The first-order valence-electron chi connectivity index (χ1n) is 7.14. The Kier molecular flexibility index (Phi) is 5.46. The second kappa shape index (κ2) is 7.33. The highest BCUT2D eigenvalue weighted by Crippen LogP contribution is 2.17. The van der Waals surface area contributed by atoms with Crippen molar-refractivity contribution in [1.82, 2.24) is 15.3 Å². The van der Waals surface area contributed by atoms with E-state index in [0.29, 0.717) is 23.6 Å². The van der Waals surface area contributed by atoms with Crippen LogP contribution in [0, 0.1) is 11.7 Å². The monoisotopic (exact) mass is 309 g/mol. The van der Waals surface area contributed by atoms with E-state index in [2.05, 4.69) is 15.3 Å². The summed E-state index contributed by atoms with van der Waals surface area (Å²) in [6, 6.07) is 2.40. The minimum absolute atomic E-state index is 0.0271. The molecule has 0 aliphatic heterocycles. The number of hydrogen-bond acceptors (Lipinski definition) is 4. The lowest BCUT2D eigenvalue weighted by Crippen LogP contribution is -2.35. The van der Waals surface area contributed by atoms with Crippen LogP contribution >= 0.6 is 0 Å². The van der Waals surface area contributed by atoms with Gasteiger partial charge in [0.2, 0.25) is 0 Å². The van der Waals surface area contributed by atoms with Crippen molar-refractivity contribution in [3.63, 3.8) is 0 Å². The summed E-state index contributed by atoms with van der Waals surface area (Å²) in [4.78, 5) is 18.9. The fraction of sp³-hybridized carbons (Fsp3) is 0.467. The van der Waals surface area contributed by atoms with Crippen molar-refractivity contribution in [2.75, 3.05) is 19.8 Å². The Bertz CT molecular complexity index is 642. The molecular weight excluding hydrogens is 289 g/mol. The molecule has 0 saturated heterocycles. The molecule has 1 atom stereocenters. The van der Waals surface area contributed by atoms with Gasteiger partial charge in [0.15, 0.2) is 0 Å². The Labute approximate surface area is 127 Å². The number of rotatable bonds is 7. The summed E-state index contributed by atoms with van der Waals surface area (Å²) >= 11 is 0. The standard InChI is InChI=1S/C15H20FN3O3/c1-9(2)6-22-7-11(20)5-17-15(21)12-3-10(16)4-13-14(12)19-8-18-13/h3-4,8-9,11,20H,5-7H2,1-2H3,(H,17,21)(H,18,19). The molecule has 2 rings (SSSR count). The minimum Gasteiger partial charge on any atom is -0.389 e.